The van der Waals surface area contributed by atoms with Crippen molar-refractivity contribution in [2.75, 3.05) is 18.8 Å². The molecular formula is C21H32N4. The number of anilines is 1. The van der Waals surface area contributed by atoms with E-state index in [0.717, 1.165) is 29.6 Å². The molecule has 1 saturated heterocycles. The molecule has 1 aromatic heterocycles. The average molecular weight is 341 g/mol. The highest BCUT2D eigenvalue weighted by molar-refractivity contribution is 5.81. The number of hydrogen-bond acceptors (Lipinski definition) is 3. The van der Waals surface area contributed by atoms with E-state index in [2.05, 4.69) is 46.3 Å². The van der Waals surface area contributed by atoms with Gasteiger partial charge in [-0.2, -0.15) is 5.10 Å². The number of benzene rings is 2. The van der Waals surface area contributed by atoms with Crippen molar-refractivity contribution in [2.24, 2.45) is 0 Å². The third-order valence-corrected chi connectivity index (χ3v) is 4.75. The smallest absolute Gasteiger partial charge is 0.0651 e. The molecule has 4 rings (SSSR count). The lowest BCUT2D eigenvalue weighted by Crippen LogP contribution is -2.29. The Morgan fingerprint density at radius 1 is 1.04 bits per heavy atom. The number of hydrogen-bond donors (Lipinski definition) is 2. The zero-order valence-electron chi connectivity index (χ0n) is 15.0. The molecule has 2 aromatic carbocycles. The van der Waals surface area contributed by atoms with Gasteiger partial charge in [-0.1, -0.05) is 37.6 Å². The summed E-state index contributed by atoms with van der Waals surface area (Å²) >= 11 is 0. The molecule has 0 unspecified atom stereocenters. The third-order valence-electron chi connectivity index (χ3n) is 4.75. The molecule has 3 aromatic rings. The van der Waals surface area contributed by atoms with E-state index in [1.807, 2.05) is 18.2 Å². The SMILES string of the molecule is CCc1ccc(CN2CCCCC2)cc1.Nc1ccc2[nH]ncc2c1.[HH].[HH]. The van der Waals surface area contributed by atoms with Gasteiger partial charge in [-0.05, 0) is 61.7 Å². The molecular weight excluding hydrogens is 308 g/mol. The fourth-order valence-corrected chi connectivity index (χ4v) is 3.22. The Morgan fingerprint density at radius 2 is 1.76 bits per heavy atom. The molecule has 1 fully saturated rings. The summed E-state index contributed by atoms with van der Waals surface area (Å²) in [7, 11) is 0. The van der Waals surface area contributed by atoms with Gasteiger partial charge in [-0.3, -0.25) is 10.00 Å². The van der Waals surface area contributed by atoms with Gasteiger partial charge in [0, 0.05) is 20.5 Å². The number of nitrogens with two attached hydrogens (primary N) is 1. The molecule has 0 bridgehead atoms. The van der Waals surface area contributed by atoms with Crippen molar-refractivity contribution in [3.8, 4) is 0 Å². The Hall–Kier alpha value is -2.33. The van der Waals surface area contributed by atoms with Gasteiger partial charge in [0.25, 0.3) is 0 Å². The molecule has 0 atom stereocenters. The van der Waals surface area contributed by atoms with Crippen LogP contribution in [0.5, 0.6) is 0 Å². The van der Waals surface area contributed by atoms with Crippen LogP contribution in [-0.2, 0) is 13.0 Å². The number of nitrogen functional groups attached to an aromatic ring is 1. The van der Waals surface area contributed by atoms with Gasteiger partial charge in [0.2, 0.25) is 0 Å². The molecule has 2 heterocycles. The Morgan fingerprint density at radius 3 is 2.48 bits per heavy atom. The highest BCUT2D eigenvalue weighted by Gasteiger charge is 2.09. The first-order chi connectivity index (χ1) is 12.2. The molecule has 0 radical (unpaired) electrons. The maximum atomic E-state index is 5.54. The minimum Gasteiger partial charge on any atom is -0.399 e. The van der Waals surface area contributed by atoms with Gasteiger partial charge in [-0.25, -0.2) is 0 Å². The number of aromatic amines is 1. The molecule has 0 saturated carbocycles. The van der Waals surface area contributed by atoms with Gasteiger partial charge < -0.3 is 5.73 Å². The van der Waals surface area contributed by atoms with Gasteiger partial charge in [0.1, 0.15) is 0 Å². The molecule has 25 heavy (non-hydrogen) atoms. The second-order valence-electron chi connectivity index (χ2n) is 6.72. The van der Waals surface area contributed by atoms with Gasteiger partial charge >= 0.3 is 0 Å². The highest BCUT2D eigenvalue weighted by atomic mass is 15.1. The van der Waals surface area contributed by atoms with Crippen LogP contribution in [-0.4, -0.2) is 28.2 Å². The molecule has 1 aliphatic rings. The lowest BCUT2D eigenvalue weighted by Gasteiger charge is -2.26. The average Bonchev–Trinajstić information content (AvgIpc) is 3.11. The Bertz CT molecular complexity index is 780. The van der Waals surface area contributed by atoms with E-state index < -0.39 is 0 Å². The molecule has 4 heteroatoms. The van der Waals surface area contributed by atoms with E-state index in [1.54, 1.807) is 6.20 Å². The summed E-state index contributed by atoms with van der Waals surface area (Å²) in [5.41, 5.74) is 10.2. The van der Waals surface area contributed by atoms with Gasteiger partial charge in [0.05, 0.1) is 11.7 Å². The molecule has 3 N–H and O–H groups in total. The fourth-order valence-electron chi connectivity index (χ4n) is 3.22. The monoisotopic (exact) mass is 340 g/mol. The molecule has 4 nitrogen and oxygen atoms in total. The fraction of sp³-hybridized carbons (Fsp3) is 0.381. The number of rotatable bonds is 3. The molecule has 0 aliphatic carbocycles. The van der Waals surface area contributed by atoms with Crippen LogP contribution in [0.15, 0.2) is 48.7 Å². The summed E-state index contributed by atoms with van der Waals surface area (Å²) in [4.78, 5) is 2.57. The van der Waals surface area contributed by atoms with E-state index >= 15 is 0 Å². The van der Waals surface area contributed by atoms with Crippen molar-refractivity contribution in [3.05, 3.63) is 59.8 Å². The molecule has 136 valence electrons. The minimum atomic E-state index is 0. The summed E-state index contributed by atoms with van der Waals surface area (Å²) in [6.45, 7) is 5.93. The third kappa shape index (κ3) is 5.07. The number of nitrogens with zero attached hydrogens (tertiary/aromatic N) is 2. The van der Waals surface area contributed by atoms with Gasteiger partial charge in [0.15, 0.2) is 0 Å². The quantitative estimate of drug-likeness (QED) is 0.669. The minimum absolute atomic E-state index is 0. The first kappa shape index (κ1) is 17.5. The standard InChI is InChI=1S/C14H21N.C7H7N3.2H2/c1-2-13-6-8-14(9-7-13)12-15-10-4-3-5-11-15;8-6-1-2-7-5(3-6)4-9-10-7;;/h6-9H,2-5,10-12H2,1H3;1-4H,8H2,(H,9,10);2*1H. The summed E-state index contributed by atoms with van der Waals surface area (Å²) in [6.07, 6.45) is 7.08. The zero-order chi connectivity index (χ0) is 17.5. The Kier molecular flexibility index (Phi) is 6.07. The van der Waals surface area contributed by atoms with Crippen LogP contribution < -0.4 is 5.73 Å². The van der Waals surface area contributed by atoms with Crippen molar-refractivity contribution >= 4 is 16.6 Å². The second kappa shape index (κ2) is 8.67. The largest absolute Gasteiger partial charge is 0.399 e. The van der Waals surface area contributed by atoms with Crippen LogP contribution in [0, 0.1) is 0 Å². The van der Waals surface area contributed by atoms with Crippen LogP contribution in [0.3, 0.4) is 0 Å². The number of piperidine rings is 1. The first-order valence-corrected chi connectivity index (χ1v) is 9.23. The topological polar surface area (TPSA) is 57.9 Å². The van der Waals surface area contributed by atoms with E-state index in [-0.39, 0.29) is 2.85 Å². The highest BCUT2D eigenvalue weighted by Crippen LogP contribution is 2.14. The maximum Gasteiger partial charge on any atom is 0.0651 e. The van der Waals surface area contributed by atoms with Crippen molar-refractivity contribution in [2.45, 2.75) is 39.2 Å². The lowest BCUT2D eigenvalue weighted by molar-refractivity contribution is 0.221. The van der Waals surface area contributed by atoms with Crippen LogP contribution in [0.4, 0.5) is 5.69 Å². The zero-order valence-corrected chi connectivity index (χ0v) is 15.0. The van der Waals surface area contributed by atoms with E-state index in [1.165, 1.54) is 43.5 Å². The second-order valence-corrected chi connectivity index (χ2v) is 6.72. The van der Waals surface area contributed by atoms with Crippen LogP contribution in [0.25, 0.3) is 10.9 Å². The van der Waals surface area contributed by atoms with Crippen molar-refractivity contribution in [1.29, 1.82) is 0 Å². The predicted octanol–water partition coefficient (Wildman–Crippen LogP) is 4.87. The van der Waals surface area contributed by atoms with E-state index in [0.29, 0.717) is 0 Å². The normalized spacial score (nSPS) is 14.9. The number of aryl methyl sites for hydroxylation is 1. The Balaban J connectivity index is 0.000000267. The van der Waals surface area contributed by atoms with Gasteiger partial charge in [-0.15, -0.1) is 0 Å². The number of likely N-dealkylation sites (tertiary alicyclic amines) is 1. The van der Waals surface area contributed by atoms with Crippen molar-refractivity contribution < 1.29 is 2.85 Å². The maximum absolute atomic E-state index is 5.54. The summed E-state index contributed by atoms with van der Waals surface area (Å²) in [5.74, 6) is 0. The lowest BCUT2D eigenvalue weighted by atomic mass is 10.1. The number of H-pyrrole nitrogens is 1. The van der Waals surface area contributed by atoms with Crippen LogP contribution in [0.1, 0.15) is 40.2 Å². The molecule has 0 spiro atoms. The summed E-state index contributed by atoms with van der Waals surface area (Å²) in [6, 6.07) is 14.7. The predicted molar refractivity (Wildman–Crippen MR) is 110 cm³/mol. The van der Waals surface area contributed by atoms with E-state index in [4.69, 9.17) is 5.73 Å². The van der Waals surface area contributed by atoms with E-state index in [9.17, 15) is 0 Å². The van der Waals surface area contributed by atoms with Crippen LogP contribution in [0.2, 0.25) is 0 Å². The van der Waals surface area contributed by atoms with Crippen molar-refractivity contribution in [1.82, 2.24) is 15.1 Å². The number of aromatic nitrogens is 2. The number of fused-ring (bicyclic) bond motifs is 1. The Labute approximate surface area is 153 Å². The van der Waals surface area contributed by atoms with Crippen molar-refractivity contribution in [3.63, 3.8) is 0 Å². The number of nitrogens with one attached hydrogen (secondary N) is 1. The van der Waals surface area contributed by atoms with Crippen LogP contribution >= 0.6 is 0 Å². The molecule has 0 amide bonds. The summed E-state index contributed by atoms with van der Waals surface area (Å²) in [5, 5.41) is 7.76. The summed E-state index contributed by atoms with van der Waals surface area (Å²) < 4.78 is 0. The molecule has 1 aliphatic heterocycles. The first-order valence-electron chi connectivity index (χ1n) is 9.23.